The molecule has 1 atom stereocenters. The molecule has 2 aromatic heterocycles. The van der Waals surface area contributed by atoms with Crippen molar-refractivity contribution in [2.45, 2.75) is 25.3 Å². The summed E-state index contributed by atoms with van der Waals surface area (Å²) in [6.07, 6.45) is 5.29. The summed E-state index contributed by atoms with van der Waals surface area (Å²) in [6.45, 7) is 2.52. The Morgan fingerprint density at radius 3 is 2.74 bits per heavy atom. The van der Waals surface area contributed by atoms with Crippen molar-refractivity contribution in [3.05, 3.63) is 44.5 Å². The molecule has 0 spiro atoms. The molecule has 1 unspecified atom stereocenters. The van der Waals surface area contributed by atoms with E-state index >= 15 is 0 Å². The van der Waals surface area contributed by atoms with Crippen LogP contribution in [0.3, 0.4) is 0 Å². The SMILES string of the molecule is O=C(NCC(c1ccco1)N1CCCCC1)c1cc(Cl)sc1Cl. The number of carbonyl (C=O) groups excluding carboxylic acids is 1. The van der Waals surface area contributed by atoms with Crippen molar-refractivity contribution >= 4 is 40.4 Å². The van der Waals surface area contributed by atoms with Gasteiger partial charge in [0.15, 0.2) is 0 Å². The third-order valence-corrected chi connectivity index (χ3v) is 5.55. The first-order chi connectivity index (χ1) is 11.1. The molecule has 0 bridgehead atoms. The second kappa shape index (κ2) is 7.71. The number of hydrogen-bond donors (Lipinski definition) is 1. The number of furan rings is 1. The van der Waals surface area contributed by atoms with Gasteiger partial charge in [-0.1, -0.05) is 29.6 Å². The highest BCUT2D eigenvalue weighted by Gasteiger charge is 2.25. The molecule has 1 aliphatic heterocycles. The molecule has 0 saturated carbocycles. The first-order valence-corrected chi connectivity index (χ1v) is 9.23. The molecule has 0 aromatic carbocycles. The Hall–Kier alpha value is -1.01. The topological polar surface area (TPSA) is 45.5 Å². The summed E-state index contributed by atoms with van der Waals surface area (Å²) in [5.74, 6) is 0.674. The predicted octanol–water partition coefficient (Wildman–Crippen LogP) is 4.60. The first-order valence-electron chi connectivity index (χ1n) is 7.65. The monoisotopic (exact) mass is 372 g/mol. The number of nitrogens with zero attached hydrogens (tertiary/aromatic N) is 1. The van der Waals surface area contributed by atoms with Crippen LogP contribution in [-0.4, -0.2) is 30.4 Å². The summed E-state index contributed by atoms with van der Waals surface area (Å²) in [5, 5.41) is 2.96. The summed E-state index contributed by atoms with van der Waals surface area (Å²) in [4.78, 5) is 14.7. The highest BCUT2D eigenvalue weighted by molar-refractivity contribution is 7.20. The molecule has 3 rings (SSSR count). The second-order valence-corrected chi connectivity index (χ2v) is 7.86. The molecule has 1 amide bonds. The first kappa shape index (κ1) is 16.8. The third-order valence-electron chi connectivity index (χ3n) is 4.06. The number of nitrogens with one attached hydrogen (secondary N) is 1. The van der Waals surface area contributed by atoms with Gasteiger partial charge in [0, 0.05) is 6.54 Å². The minimum Gasteiger partial charge on any atom is -0.468 e. The second-order valence-electron chi connectivity index (χ2n) is 5.58. The Bertz CT molecular complexity index is 651. The van der Waals surface area contributed by atoms with E-state index in [0.29, 0.717) is 20.8 Å². The molecule has 1 N–H and O–H groups in total. The Morgan fingerprint density at radius 1 is 1.35 bits per heavy atom. The number of piperidine rings is 1. The van der Waals surface area contributed by atoms with Crippen molar-refractivity contribution in [3.63, 3.8) is 0 Å². The van der Waals surface area contributed by atoms with Gasteiger partial charge in [0.25, 0.3) is 5.91 Å². The number of likely N-dealkylation sites (tertiary alicyclic amines) is 1. The van der Waals surface area contributed by atoms with Gasteiger partial charge in [-0.2, -0.15) is 0 Å². The fourth-order valence-corrected chi connectivity index (χ4v) is 4.36. The number of rotatable bonds is 5. The zero-order valence-electron chi connectivity index (χ0n) is 12.6. The maximum atomic E-state index is 12.3. The molecular formula is C16H18Cl2N2O2S. The van der Waals surface area contributed by atoms with Crippen molar-refractivity contribution in [1.82, 2.24) is 10.2 Å². The number of carbonyl (C=O) groups is 1. The lowest BCUT2D eigenvalue weighted by Gasteiger charge is -2.33. The van der Waals surface area contributed by atoms with E-state index < -0.39 is 0 Å². The number of thiophene rings is 1. The van der Waals surface area contributed by atoms with Crippen LogP contribution >= 0.6 is 34.5 Å². The molecule has 0 radical (unpaired) electrons. The van der Waals surface area contributed by atoms with Crippen LogP contribution in [0.5, 0.6) is 0 Å². The van der Waals surface area contributed by atoms with Crippen LogP contribution in [-0.2, 0) is 0 Å². The third kappa shape index (κ3) is 4.10. The van der Waals surface area contributed by atoms with E-state index in [-0.39, 0.29) is 11.9 Å². The summed E-state index contributed by atoms with van der Waals surface area (Å²) >= 11 is 13.2. The molecule has 3 heterocycles. The lowest BCUT2D eigenvalue weighted by molar-refractivity contribution is 0.0914. The summed E-state index contributed by atoms with van der Waals surface area (Å²) in [6, 6.07) is 5.48. The molecule has 124 valence electrons. The fraction of sp³-hybridized carbons (Fsp3) is 0.438. The highest BCUT2D eigenvalue weighted by atomic mass is 35.5. The summed E-state index contributed by atoms with van der Waals surface area (Å²) < 4.78 is 6.51. The molecule has 1 saturated heterocycles. The molecule has 1 fully saturated rings. The smallest absolute Gasteiger partial charge is 0.253 e. The van der Waals surface area contributed by atoms with Gasteiger partial charge in [0.2, 0.25) is 0 Å². The average Bonchev–Trinajstić information content (AvgIpc) is 3.18. The van der Waals surface area contributed by atoms with Crippen molar-refractivity contribution in [2.24, 2.45) is 0 Å². The Morgan fingerprint density at radius 2 is 2.13 bits per heavy atom. The minimum absolute atomic E-state index is 0.0436. The predicted molar refractivity (Wildman–Crippen MR) is 93.5 cm³/mol. The molecule has 4 nitrogen and oxygen atoms in total. The quantitative estimate of drug-likeness (QED) is 0.833. The summed E-state index contributed by atoms with van der Waals surface area (Å²) in [7, 11) is 0. The molecule has 7 heteroatoms. The van der Waals surface area contributed by atoms with Gasteiger partial charge in [-0.15, -0.1) is 11.3 Å². The molecular weight excluding hydrogens is 355 g/mol. The van der Waals surface area contributed by atoms with Gasteiger partial charge in [-0.3, -0.25) is 9.69 Å². The van der Waals surface area contributed by atoms with E-state index in [2.05, 4.69) is 10.2 Å². The van der Waals surface area contributed by atoms with Gasteiger partial charge < -0.3 is 9.73 Å². The van der Waals surface area contributed by atoms with E-state index in [9.17, 15) is 4.79 Å². The van der Waals surface area contributed by atoms with Crippen LogP contribution in [0, 0.1) is 0 Å². The van der Waals surface area contributed by atoms with Gasteiger partial charge in [-0.25, -0.2) is 0 Å². The Labute approximate surface area is 149 Å². The van der Waals surface area contributed by atoms with E-state index in [1.165, 1.54) is 30.6 Å². The summed E-state index contributed by atoms with van der Waals surface area (Å²) in [5.41, 5.74) is 0.429. The zero-order valence-corrected chi connectivity index (χ0v) is 14.9. The van der Waals surface area contributed by atoms with Crippen LogP contribution in [0.15, 0.2) is 28.9 Å². The van der Waals surface area contributed by atoms with E-state index in [1.54, 1.807) is 12.3 Å². The van der Waals surface area contributed by atoms with Crippen LogP contribution < -0.4 is 5.32 Å². The van der Waals surface area contributed by atoms with Crippen molar-refractivity contribution in [2.75, 3.05) is 19.6 Å². The lowest BCUT2D eigenvalue weighted by atomic mass is 10.1. The molecule has 1 aliphatic rings. The van der Waals surface area contributed by atoms with Crippen molar-refractivity contribution in [1.29, 1.82) is 0 Å². The van der Waals surface area contributed by atoms with Crippen LogP contribution in [0.1, 0.15) is 41.4 Å². The van der Waals surface area contributed by atoms with Crippen LogP contribution in [0.2, 0.25) is 8.67 Å². The lowest BCUT2D eigenvalue weighted by Crippen LogP contribution is -2.40. The largest absolute Gasteiger partial charge is 0.468 e. The van der Waals surface area contributed by atoms with Gasteiger partial charge in [-0.05, 0) is 44.1 Å². The number of halogens is 2. The molecule has 0 aliphatic carbocycles. The maximum absolute atomic E-state index is 12.3. The normalized spacial score (nSPS) is 17.1. The maximum Gasteiger partial charge on any atom is 0.253 e. The van der Waals surface area contributed by atoms with Crippen LogP contribution in [0.25, 0.3) is 0 Å². The van der Waals surface area contributed by atoms with E-state index in [1.807, 2.05) is 12.1 Å². The van der Waals surface area contributed by atoms with Gasteiger partial charge in [0.05, 0.1) is 22.2 Å². The van der Waals surface area contributed by atoms with Crippen molar-refractivity contribution < 1.29 is 9.21 Å². The van der Waals surface area contributed by atoms with Crippen molar-refractivity contribution in [3.8, 4) is 0 Å². The minimum atomic E-state index is -0.202. The van der Waals surface area contributed by atoms with Crippen LogP contribution in [0.4, 0.5) is 0 Å². The van der Waals surface area contributed by atoms with Gasteiger partial charge in [0.1, 0.15) is 10.1 Å². The molecule has 2 aromatic rings. The fourth-order valence-electron chi connectivity index (χ4n) is 2.90. The van der Waals surface area contributed by atoms with E-state index in [0.717, 1.165) is 18.8 Å². The molecule has 23 heavy (non-hydrogen) atoms. The Kier molecular flexibility index (Phi) is 5.64. The zero-order chi connectivity index (χ0) is 16.2. The Balaban J connectivity index is 1.69. The van der Waals surface area contributed by atoms with E-state index in [4.69, 9.17) is 27.6 Å². The standard InChI is InChI=1S/C16H18Cl2N2O2S/c17-14-9-11(15(18)23-14)16(21)19-10-12(13-5-4-8-22-13)20-6-2-1-3-7-20/h4-5,8-9,12H,1-3,6-7,10H2,(H,19,21). The average molecular weight is 373 g/mol. The number of hydrogen-bond acceptors (Lipinski definition) is 4. The van der Waals surface area contributed by atoms with Gasteiger partial charge >= 0.3 is 0 Å². The highest BCUT2D eigenvalue weighted by Crippen LogP contribution is 2.31. The number of amides is 1.